The number of rotatable bonds is 3. The molecule has 5 heteroatoms. The number of hydrogen-bond donors (Lipinski definition) is 0. The summed E-state index contributed by atoms with van der Waals surface area (Å²) in [5.74, 6) is 1.01. The van der Waals surface area contributed by atoms with Crippen LogP contribution >= 0.6 is 0 Å². The molecule has 0 amide bonds. The third-order valence-corrected chi connectivity index (χ3v) is 2.20. The van der Waals surface area contributed by atoms with Gasteiger partial charge in [-0.1, -0.05) is 5.16 Å². The van der Waals surface area contributed by atoms with E-state index >= 15 is 0 Å². The van der Waals surface area contributed by atoms with Crippen LogP contribution in [-0.2, 0) is 6.42 Å². The Bertz CT molecular complexity index is 527. The van der Waals surface area contributed by atoms with Gasteiger partial charge in [-0.3, -0.25) is 4.98 Å². The highest BCUT2D eigenvalue weighted by Gasteiger charge is 2.10. The second-order valence-electron chi connectivity index (χ2n) is 3.36. The molecule has 0 aliphatic rings. The van der Waals surface area contributed by atoms with E-state index in [2.05, 4.69) is 15.1 Å². The fraction of sp³-hybridized carbons (Fsp3) is 0.273. The van der Waals surface area contributed by atoms with Gasteiger partial charge in [0.15, 0.2) is 0 Å². The molecule has 80 valence electrons. The maximum atomic E-state index is 8.45. The van der Waals surface area contributed by atoms with E-state index in [1.807, 2.05) is 19.1 Å². The minimum Gasteiger partial charge on any atom is -0.339 e. The molecule has 0 aliphatic carbocycles. The molecule has 0 bridgehead atoms. The summed E-state index contributed by atoms with van der Waals surface area (Å²) in [5.41, 5.74) is 1.90. The van der Waals surface area contributed by atoms with Crippen molar-refractivity contribution in [3.05, 3.63) is 29.9 Å². The normalized spacial score (nSPS) is 10.0. The van der Waals surface area contributed by atoms with Gasteiger partial charge in [0.2, 0.25) is 11.7 Å². The maximum Gasteiger partial charge on any atom is 0.227 e. The molecular weight excluding hydrogens is 204 g/mol. The molecular formula is C11H10N4O. The summed E-state index contributed by atoms with van der Waals surface area (Å²) in [7, 11) is 0. The van der Waals surface area contributed by atoms with Crippen molar-refractivity contribution in [3.8, 4) is 17.5 Å². The Kier molecular flexibility index (Phi) is 2.92. The highest BCUT2D eigenvalue weighted by atomic mass is 16.5. The third-order valence-electron chi connectivity index (χ3n) is 2.20. The number of pyridine rings is 1. The molecule has 0 N–H and O–H groups in total. The van der Waals surface area contributed by atoms with E-state index < -0.39 is 0 Å². The predicted molar refractivity (Wildman–Crippen MR) is 56.2 cm³/mol. The Hall–Kier alpha value is -2.22. The molecule has 2 heterocycles. The lowest BCUT2D eigenvalue weighted by atomic mass is 10.1. The van der Waals surface area contributed by atoms with Crippen molar-refractivity contribution in [3.63, 3.8) is 0 Å². The van der Waals surface area contributed by atoms with E-state index in [0.717, 1.165) is 11.1 Å². The molecule has 16 heavy (non-hydrogen) atoms. The summed E-state index contributed by atoms with van der Waals surface area (Å²) in [6, 6.07) is 3.93. The fourth-order valence-electron chi connectivity index (χ4n) is 1.33. The smallest absolute Gasteiger partial charge is 0.227 e. The van der Waals surface area contributed by atoms with Gasteiger partial charge in [0.05, 0.1) is 6.07 Å². The van der Waals surface area contributed by atoms with Crippen molar-refractivity contribution in [2.24, 2.45) is 0 Å². The lowest BCUT2D eigenvalue weighted by Gasteiger charge is -1.96. The first-order chi connectivity index (χ1) is 7.81. The molecule has 0 spiro atoms. The van der Waals surface area contributed by atoms with E-state index in [4.69, 9.17) is 9.78 Å². The van der Waals surface area contributed by atoms with Crippen LogP contribution in [0.2, 0.25) is 0 Å². The molecule has 5 nitrogen and oxygen atoms in total. The Labute approximate surface area is 92.7 Å². The minimum atomic E-state index is 0.383. The maximum absolute atomic E-state index is 8.45. The van der Waals surface area contributed by atoms with E-state index in [1.54, 1.807) is 12.4 Å². The zero-order valence-electron chi connectivity index (χ0n) is 8.84. The van der Waals surface area contributed by atoms with Crippen LogP contribution in [0.15, 0.2) is 23.0 Å². The predicted octanol–water partition coefficient (Wildman–Crippen LogP) is 1.90. The van der Waals surface area contributed by atoms with E-state index in [1.165, 1.54) is 0 Å². The molecule has 0 saturated heterocycles. The number of nitriles is 1. The average molecular weight is 214 g/mol. The molecule has 0 fully saturated rings. The number of nitrogens with zero attached hydrogens (tertiary/aromatic N) is 4. The van der Waals surface area contributed by atoms with Crippen LogP contribution in [0.1, 0.15) is 17.9 Å². The van der Waals surface area contributed by atoms with Crippen LogP contribution < -0.4 is 0 Å². The Morgan fingerprint density at radius 3 is 3.12 bits per heavy atom. The van der Waals surface area contributed by atoms with E-state index in [9.17, 15) is 0 Å². The minimum absolute atomic E-state index is 0.383. The quantitative estimate of drug-likeness (QED) is 0.779. The van der Waals surface area contributed by atoms with Crippen LogP contribution in [0.4, 0.5) is 0 Å². The van der Waals surface area contributed by atoms with Crippen LogP contribution in [0.5, 0.6) is 0 Å². The number of aryl methyl sites for hydroxylation is 2. The van der Waals surface area contributed by atoms with Crippen LogP contribution in [0.3, 0.4) is 0 Å². The topological polar surface area (TPSA) is 75.6 Å². The van der Waals surface area contributed by atoms with E-state index in [-0.39, 0.29) is 0 Å². The van der Waals surface area contributed by atoms with Crippen molar-refractivity contribution < 1.29 is 4.52 Å². The zero-order valence-corrected chi connectivity index (χ0v) is 8.84. The SMILES string of the molecule is Cc1ccncc1-c1noc(CCC#N)n1. The summed E-state index contributed by atoms with van der Waals surface area (Å²) in [6.45, 7) is 1.96. The molecule has 2 aromatic heterocycles. The van der Waals surface area contributed by atoms with Crippen molar-refractivity contribution in [1.82, 2.24) is 15.1 Å². The molecule has 2 aromatic rings. The summed E-state index contributed by atoms with van der Waals surface area (Å²) in [4.78, 5) is 8.23. The van der Waals surface area contributed by atoms with Gasteiger partial charge in [0.25, 0.3) is 0 Å². The zero-order chi connectivity index (χ0) is 11.4. The first-order valence-electron chi connectivity index (χ1n) is 4.92. The summed E-state index contributed by atoms with van der Waals surface area (Å²) in [6.07, 6.45) is 4.29. The third kappa shape index (κ3) is 2.06. The van der Waals surface area contributed by atoms with Gasteiger partial charge in [-0.15, -0.1) is 0 Å². The fourth-order valence-corrected chi connectivity index (χ4v) is 1.33. The lowest BCUT2D eigenvalue weighted by Crippen LogP contribution is -1.88. The molecule has 0 saturated carbocycles. The van der Waals surface area contributed by atoms with Gasteiger partial charge in [0, 0.05) is 30.8 Å². The Balaban J connectivity index is 2.26. The van der Waals surface area contributed by atoms with E-state index in [0.29, 0.717) is 24.6 Å². The van der Waals surface area contributed by atoms with Crippen LogP contribution in [-0.4, -0.2) is 15.1 Å². The monoisotopic (exact) mass is 214 g/mol. The summed E-state index contributed by atoms with van der Waals surface area (Å²) < 4.78 is 5.04. The standard InChI is InChI=1S/C11H10N4O/c1-8-4-6-13-7-9(8)11-14-10(16-15-11)3-2-5-12/h4,6-7H,2-3H2,1H3. The summed E-state index contributed by atoms with van der Waals surface area (Å²) in [5, 5.41) is 12.3. The number of hydrogen-bond acceptors (Lipinski definition) is 5. The molecule has 0 aliphatic heterocycles. The second kappa shape index (κ2) is 4.53. The van der Waals surface area contributed by atoms with Gasteiger partial charge in [-0.2, -0.15) is 10.2 Å². The molecule has 0 radical (unpaired) electrons. The van der Waals surface area contributed by atoms with Gasteiger partial charge < -0.3 is 4.52 Å². The first-order valence-corrected chi connectivity index (χ1v) is 4.92. The number of aromatic nitrogens is 3. The average Bonchev–Trinajstić information content (AvgIpc) is 2.75. The van der Waals surface area contributed by atoms with Crippen molar-refractivity contribution in [2.75, 3.05) is 0 Å². The summed E-state index contributed by atoms with van der Waals surface area (Å²) >= 11 is 0. The lowest BCUT2D eigenvalue weighted by molar-refractivity contribution is 0.380. The molecule has 2 rings (SSSR count). The Morgan fingerprint density at radius 2 is 2.38 bits per heavy atom. The highest BCUT2D eigenvalue weighted by molar-refractivity contribution is 5.57. The molecule has 0 aromatic carbocycles. The van der Waals surface area contributed by atoms with Crippen molar-refractivity contribution in [1.29, 1.82) is 5.26 Å². The largest absolute Gasteiger partial charge is 0.339 e. The first kappa shape index (κ1) is 10.3. The molecule has 0 unspecified atom stereocenters. The van der Waals surface area contributed by atoms with Crippen molar-refractivity contribution in [2.45, 2.75) is 19.8 Å². The van der Waals surface area contributed by atoms with Crippen molar-refractivity contribution >= 4 is 0 Å². The second-order valence-corrected chi connectivity index (χ2v) is 3.36. The van der Waals surface area contributed by atoms with Crippen LogP contribution in [0.25, 0.3) is 11.4 Å². The van der Waals surface area contributed by atoms with Gasteiger partial charge in [0.1, 0.15) is 0 Å². The molecule has 0 atom stereocenters. The highest BCUT2D eigenvalue weighted by Crippen LogP contribution is 2.18. The van der Waals surface area contributed by atoms with Crippen LogP contribution in [0, 0.1) is 18.3 Å². The van der Waals surface area contributed by atoms with Gasteiger partial charge >= 0.3 is 0 Å². The van der Waals surface area contributed by atoms with Gasteiger partial charge in [-0.25, -0.2) is 0 Å². The van der Waals surface area contributed by atoms with Gasteiger partial charge in [-0.05, 0) is 18.6 Å². The Morgan fingerprint density at radius 1 is 1.50 bits per heavy atom.